The molecule has 9 heteroatoms. The van der Waals surface area contributed by atoms with Gasteiger partial charge in [-0.15, -0.1) is 0 Å². The second-order valence-electron chi connectivity index (χ2n) is 3.48. The van der Waals surface area contributed by atoms with Crippen LogP contribution in [-0.4, -0.2) is 38.9 Å². The van der Waals surface area contributed by atoms with Crippen LogP contribution in [0.5, 0.6) is 0 Å². The van der Waals surface area contributed by atoms with Crippen molar-refractivity contribution in [2.24, 2.45) is 0 Å². The van der Waals surface area contributed by atoms with Crippen molar-refractivity contribution in [2.75, 3.05) is 13.1 Å². The lowest BCUT2D eigenvalue weighted by atomic mass is 10.5. The second-order valence-corrected chi connectivity index (χ2v) is 4.73. The van der Waals surface area contributed by atoms with Gasteiger partial charge >= 0.3 is 11.8 Å². The Hall–Kier alpha value is -1.49. The predicted octanol–water partition coefficient (Wildman–Crippen LogP) is -1.11. The summed E-state index contributed by atoms with van der Waals surface area (Å²) in [5, 5.41) is 10.4. The van der Waals surface area contributed by atoms with E-state index >= 15 is 0 Å². The Bertz CT molecular complexity index is 537. The van der Waals surface area contributed by atoms with Gasteiger partial charge in [-0.25, -0.2) is 0 Å². The van der Waals surface area contributed by atoms with E-state index in [2.05, 4.69) is 48.9 Å². The summed E-state index contributed by atoms with van der Waals surface area (Å²) >= 11 is 2.16. The summed E-state index contributed by atoms with van der Waals surface area (Å²) in [4.78, 5) is 15.5. The number of rotatable bonds is 5. The molecule has 1 amide bonds. The lowest BCUT2D eigenvalue weighted by Crippen LogP contribution is -2.54. The molecule has 4 N–H and O–H groups in total. The highest BCUT2D eigenvalue weighted by Gasteiger charge is 2.14. The molecule has 18 heavy (non-hydrogen) atoms. The van der Waals surface area contributed by atoms with Gasteiger partial charge in [0.2, 0.25) is 0 Å². The summed E-state index contributed by atoms with van der Waals surface area (Å²) < 4.78 is 7.55. The van der Waals surface area contributed by atoms with Crippen molar-refractivity contribution < 1.29 is 15.1 Å². The molecule has 0 aliphatic carbocycles. The molecule has 0 aliphatic rings. The van der Waals surface area contributed by atoms with Gasteiger partial charge in [-0.3, -0.25) is 9.48 Å². The van der Waals surface area contributed by atoms with Crippen LogP contribution in [0.15, 0.2) is 16.9 Å². The maximum Gasteiger partial charge on any atom is 0.316 e. The Morgan fingerprint density at radius 3 is 3.11 bits per heavy atom. The molecule has 96 valence electrons. The highest BCUT2D eigenvalue weighted by molar-refractivity contribution is 14.1. The molecule has 0 spiro atoms. The zero-order chi connectivity index (χ0) is 13.0. The molecule has 0 saturated carbocycles. The van der Waals surface area contributed by atoms with E-state index in [0.717, 1.165) is 3.57 Å². The number of aromatic nitrogens is 4. The third kappa shape index (κ3) is 3.26. The number of nitrogens with one attached hydrogen (secondary N) is 1. The molecule has 0 unspecified atom stereocenters. The van der Waals surface area contributed by atoms with Gasteiger partial charge in [-0.1, -0.05) is 5.16 Å². The van der Waals surface area contributed by atoms with Crippen molar-refractivity contribution in [3.05, 3.63) is 27.7 Å². The number of hydrogen-bond donors (Lipinski definition) is 2. The summed E-state index contributed by atoms with van der Waals surface area (Å²) in [5.41, 5.74) is 3.62. The molecular weight excluding hydrogens is 351 g/mol. The van der Waals surface area contributed by atoms with Crippen LogP contribution in [0.4, 0.5) is 0 Å². The summed E-state index contributed by atoms with van der Waals surface area (Å²) in [7, 11) is 0. The average Bonchev–Trinajstić information content (AvgIpc) is 2.96. The van der Waals surface area contributed by atoms with Crippen molar-refractivity contribution in [1.82, 2.24) is 25.2 Å². The van der Waals surface area contributed by atoms with Crippen LogP contribution in [-0.2, 0) is 6.54 Å². The van der Waals surface area contributed by atoms with E-state index in [1.807, 2.05) is 6.20 Å². The summed E-state index contributed by atoms with van der Waals surface area (Å²) in [6.07, 6.45) is 3.57. The van der Waals surface area contributed by atoms with Gasteiger partial charge in [-0.2, -0.15) is 10.1 Å². The first-order chi connectivity index (χ1) is 8.69. The number of nitrogens with zero attached hydrogens (tertiary/aromatic N) is 4. The minimum Gasteiger partial charge on any atom is -0.356 e. The Morgan fingerprint density at radius 1 is 1.61 bits per heavy atom. The van der Waals surface area contributed by atoms with Crippen LogP contribution >= 0.6 is 22.6 Å². The fourth-order valence-corrected chi connectivity index (χ4v) is 1.70. The van der Waals surface area contributed by atoms with Gasteiger partial charge in [0.25, 0.3) is 0 Å². The predicted molar refractivity (Wildman–Crippen MR) is 68.4 cm³/mol. The van der Waals surface area contributed by atoms with E-state index in [1.165, 1.54) is 0 Å². The van der Waals surface area contributed by atoms with E-state index in [-0.39, 0.29) is 11.8 Å². The topological polar surface area (TPSA) is 113 Å². The van der Waals surface area contributed by atoms with E-state index < -0.39 is 0 Å². The number of carbonyl (C=O) groups excluding carboxylic acids is 1. The first-order valence-electron chi connectivity index (χ1n) is 5.27. The minimum atomic E-state index is -0.382. The molecule has 0 atom stereocenters. The highest BCUT2D eigenvalue weighted by atomic mass is 127. The molecule has 8 nitrogen and oxygen atoms in total. The maximum absolute atomic E-state index is 11.5. The van der Waals surface area contributed by atoms with Gasteiger partial charge in [0.15, 0.2) is 5.82 Å². The number of hydrogen-bond acceptors (Lipinski definition) is 5. The molecule has 2 aromatic rings. The highest BCUT2D eigenvalue weighted by Crippen LogP contribution is 2.04. The summed E-state index contributed by atoms with van der Waals surface area (Å²) in [6.45, 7) is 1.46. The smallest absolute Gasteiger partial charge is 0.316 e. The first kappa shape index (κ1) is 13.0. The van der Waals surface area contributed by atoms with Gasteiger partial charge < -0.3 is 15.6 Å². The monoisotopic (exact) mass is 363 g/mol. The Morgan fingerprint density at radius 2 is 2.44 bits per heavy atom. The largest absolute Gasteiger partial charge is 0.356 e. The SMILES string of the molecule is [NH3+]CCNC(=O)c1nc(Cn2cc(I)cn2)no1. The normalized spacial score (nSPS) is 10.6. The molecule has 0 radical (unpaired) electrons. The molecule has 0 fully saturated rings. The summed E-state index contributed by atoms with van der Waals surface area (Å²) in [5.74, 6) is -0.0120. The molecule has 2 aromatic heterocycles. The number of carbonyl (C=O) groups is 1. The Balaban J connectivity index is 1.99. The van der Waals surface area contributed by atoms with Crippen molar-refractivity contribution >= 4 is 28.5 Å². The van der Waals surface area contributed by atoms with Gasteiger partial charge in [0.05, 0.1) is 22.9 Å². The molecule has 0 aliphatic heterocycles. The Labute approximate surface area is 116 Å². The molecule has 0 aromatic carbocycles. The summed E-state index contributed by atoms with van der Waals surface area (Å²) in [6, 6.07) is 0. The van der Waals surface area contributed by atoms with Crippen molar-refractivity contribution in [3.63, 3.8) is 0 Å². The van der Waals surface area contributed by atoms with Crippen LogP contribution in [0, 0.1) is 3.57 Å². The van der Waals surface area contributed by atoms with Crippen LogP contribution in [0.2, 0.25) is 0 Å². The first-order valence-corrected chi connectivity index (χ1v) is 6.35. The second kappa shape index (κ2) is 5.91. The molecule has 2 rings (SSSR count). The van der Waals surface area contributed by atoms with Gasteiger partial charge in [-0.05, 0) is 22.6 Å². The van der Waals surface area contributed by atoms with Crippen LogP contribution in [0.1, 0.15) is 16.5 Å². The number of quaternary nitrogens is 1. The van der Waals surface area contributed by atoms with E-state index in [1.54, 1.807) is 10.9 Å². The van der Waals surface area contributed by atoms with Crippen molar-refractivity contribution in [3.8, 4) is 0 Å². The Kier molecular flexibility index (Phi) is 4.25. The van der Waals surface area contributed by atoms with Crippen LogP contribution in [0.25, 0.3) is 0 Å². The molecule has 2 heterocycles. The van der Waals surface area contributed by atoms with E-state index in [4.69, 9.17) is 4.52 Å². The standard InChI is InChI=1S/C9H11IN6O2/c10-6-3-13-16(4-6)5-7-14-9(18-15-7)8(17)12-2-1-11/h3-4H,1-2,5,11H2,(H,12,17)/p+1. The van der Waals surface area contributed by atoms with E-state index in [0.29, 0.717) is 25.5 Å². The lowest BCUT2D eigenvalue weighted by Gasteiger charge is -1.95. The van der Waals surface area contributed by atoms with Crippen molar-refractivity contribution in [1.29, 1.82) is 0 Å². The minimum absolute atomic E-state index is 0.0414. The molecular formula is C9H12IN6O2+. The number of amides is 1. The third-order valence-electron chi connectivity index (χ3n) is 2.03. The van der Waals surface area contributed by atoms with Gasteiger partial charge in [0, 0.05) is 6.20 Å². The van der Waals surface area contributed by atoms with Crippen LogP contribution < -0.4 is 11.1 Å². The zero-order valence-corrected chi connectivity index (χ0v) is 11.6. The van der Waals surface area contributed by atoms with Crippen molar-refractivity contribution in [2.45, 2.75) is 6.54 Å². The number of halogens is 1. The quantitative estimate of drug-likeness (QED) is 0.654. The lowest BCUT2D eigenvalue weighted by molar-refractivity contribution is -0.364. The van der Waals surface area contributed by atoms with Crippen LogP contribution in [0.3, 0.4) is 0 Å². The molecule has 0 bridgehead atoms. The third-order valence-corrected chi connectivity index (χ3v) is 2.59. The van der Waals surface area contributed by atoms with E-state index in [9.17, 15) is 4.79 Å². The maximum atomic E-state index is 11.5. The zero-order valence-electron chi connectivity index (χ0n) is 9.47. The fourth-order valence-electron chi connectivity index (χ4n) is 1.26. The molecule has 0 saturated heterocycles. The van der Waals surface area contributed by atoms with Gasteiger partial charge in [0.1, 0.15) is 6.54 Å². The fraction of sp³-hybridized carbons (Fsp3) is 0.333. The average molecular weight is 363 g/mol.